The van der Waals surface area contributed by atoms with Gasteiger partial charge in [0.1, 0.15) is 6.07 Å². The highest BCUT2D eigenvalue weighted by Crippen LogP contribution is 2.28. The first-order chi connectivity index (χ1) is 10.4. The average Bonchev–Trinajstić information content (AvgIpc) is 2.53. The van der Waals surface area contributed by atoms with Crippen molar-refractivity contribution in [2.24, 2.45) is 0 Å². The van der Waals surface area contributed by atoms with Gasteiger partial charge in [-0.1, -0.05) is 17.7 Å². The molecule has 2 aromatic carbocycles. The lowest BCUT2D eigenvalue weighted by Gasteiger charge is -2.21. The summed E-state index contributed by atoms with van der Waals surface area (Å²) >= 11 is 1.51. The van der Waals surface area contributed by atoms with E-state index in [-0.39, 0.29) is 4.90 Å². The molecule has 0 saturated carbocycles. The van der Waals surface area contributed by atoms with E-state index in [2.05, 4.69) is 6.07 Å². The number of sulfonamides is 1. The topological polar surface area (TPSA) is 61.2 Å². The molecule has 0 radical (unpaired) electrons. The molecule has 0 bridgehead atoms. The van der Waals surface area contributed by atoms with Crippen LogP contribution in [0.15, 0.2) is 52.3 Å². The molecule has 0 atom stereocenters. The Balaban J connectivity index is 2.49. The minimum absolute atomic E-state index is 0.207. The highest BCUT2D eigenvalue weighted by atomic mass is 32.2. The predicted octanol–water partition coefficient (Wildman–Crippen LogP) is 3.41. The molecule has 0 aliphatic rings. The van der Waals surface area contributed by atoms with Crippen LogP contribution in [-0.4, -0.2) is 21.7 Å². The largest absolute Gasteiger partial charge is 0.268 e. The van der Waals surface area contributed by atoms with Crippen LogP contribution in [0.4, 0.5) is 5.69 Å². The second kappa shape index (κ2) is 6.42. The quantitative estimate of drug-likeness (QED) is 0.805. The third kappa shape index (κ3) is 3.11. The molecule has 0 fully saturated rings. The Bertz CT molecular complexity index is 822. The lowest BCUT2D eigenvalue weighted by atomic mass is 10.2. The van der Waals surface area contributed by atoms with E-state index in [1.54, 1.807) is 36.4 Å². The fourth-order valence-corrected chi connectivity index (χ4v) is 3.66. The van der Waals surface area contributed by atoms with Crippen molar-refractivity contribution in [1.29, 1.82) is 5.26 Å². The first-order valence-electron chi connectivity index (χ1n) is 6.54. The van der Waals surface area contributed by atoms with Gasteiger partial charge < -0.3 is 0 Å². The minimum Gasteiger partial charge on any atom is -0.268 e. The van der Waals surface area contributed by atoms with Crippen LogP contribution in [0, 0.1) is 18.3 Å². The smallest absolute Gasteiger partial charge is 0.264 e. The van der Waals surface area contributed by atoms with Gasteiger partial charge in [0.25, 0.3) is 10.0 Å². The first kappa shape index (κ1) is 16.4. The predicted molar refractivity (Wildman–Crippen MR) is 89.7 cm³/mol. The summed E-state index contributed by atoms with van der Waals surface area (Å²) in [7, 11) is -2.22. The van der Waals surface area contributed by atoms with E-state index in [0.29, 0.717) is 11.3 Å². The summed E-state index contributed by atoms with van der Waals surface area (Å²) in [6, 6.07) is 13.9. The summed E-state index contributed by atoms with van der Waals surface area (Å²) < 4.78 is 26.5. The average molecular weight is 332 g/mol. The second-order valence-corrected chi connectivity index (χ2v) is 7.63. The Kier molecular flexibility index (Phi) is 4.79. The lowest BCUT2D eigenvalue weighted by Crippen LogP contribution is -2.27. The van der Waals surface area contributed by atoms with Crippen molar-refractivity contribution in [3.63, 3.8) is 0 Å². The molecule has 0 saturated heterocycles. The van der Waals surface area contributed by atoms with E-state index in [4.69, 9.17) is 0 Å². The molecular formula is C16H16N2O2S2. The minimum atomic E-state index is -3.69. The number of nitriles is 1. The zero-order valence-corrected chi connectivity index (χ0v) is 14.2. The van der Waals surface area contributed by atoms with Crippen LogP contribution in [-0.2, 0) is 10.0 Å². The fourth-order valence-electron chi connectivity index (χ4n) is 2.00. The molecule has 0 amide bonds. The van der Waals surface area contributed by atoms with E-state index >= 15 is 0 Å². The van der Waals surface area contributed by atoms with E-state index in [0.717, 1.165) is 14.8 Å². The number of hydrogen-bond donors (Lipinski definition) is 0. The first-order valence-corrected chi connectivity index (χ1v) is 9.20. The van der Waals surface area contributed by atoms with Crippen molar-refractivity contribution in [2.75, 3.05) is 17.6 Å². The summed E-state index contributed by atoms with van der Waals surface area (Å²) in [6.45, 7) is 1.90. The monoisotopic (exact) mass is 332 g/mol. The fraction of sp³-hybridized carbons (Fsp3) is 0.188. The van der Waals surface area contributed by atoms with E-state index < -0.39 is 10.0 Å². The van der Waals surface area contributed by atoms with Gasteiger partial charge >= 0.3 is 0 Å². The zero-order valence-electron chi connectivity index (χ0n) is 12.6. The maximum Gasteiger partial charge on any atom is 0.264 e. The van der Waals surface area contributed by atoms with E-state index in [9.17, 15) is 13.7 Å². The third-order valence-corrected chi connectivity index (χ3v) is 5.85. The third-order valence-electron chi connectivity index (χ3n) is 3.34. The number of thioether (sulfide) groups is 1. The Labute approximate surface area is 135 Å². The van der Waals surface area contributed by atoms with Gasteiger partial charge in [0.05, 0.1) is 16.1 Å². The van der Waals surface area contributed by atoms with Gasteiger partial charge in [0.2, 0.25) is 0 Å². The molecule has 0 aliphatic heterocycles. The van der Waals surface area contributed by atoms with E-state index in [1.807, 2.05) is 19.2 Å². The SMILES string of the molecule is CSc1ccc(N(C)S(=O)(=O)c2ccc(C)cc2)c(C#N)c1. The Morgan fingerprint density at radius 1 is 1.14 bits per heavy atom. The molecular weight excluding hydrogens is 316 g/mol. The van der Waals surface area contributed by atoms with Crippen molar-refractivity contribution in [3.05, 3.63) is 53.6 Å². The van der Waals surface area contributed by atoms with Gasteiger partial charge in [-0.25, -0.2) is 8.42 Å². The summed E-state index contributed by atoms with van der Waals surface area (Å²) in [5.41, 5.74) is 1.70. The number of anilines is 1. The van der Waals surface area contributed by atoms with Crippen molar-refractivity contribution >= 4 is 27.5 Å². The molecule has 0 aromatic heterocycles. The van der Waals surface area contributed by atoms with Crippen molar-refractivity contribution in [1.82, 2.24) is 0 Å². The van der Waals surface area contributed by atoms with Gasteiger partial charge in [-0.15, -0.1) is 11.8 Å². The lowest BCUT2D eigenvalue weighted by molar-refractivity contribution is 0.594. The number of hydrogen-bond acceptors (Lipinski definition) is 4. The molecule has 2 rings (SSSR count). The molecule has 114 valence electrons. The molecule has 2 aromatic rings. The maximum atomic E-state index is 12.7. The maximum absolute atomic E-state index is 12.7. The standard InChI is InChI=1S/C16H16N2O2S2/c1-12-4-7-15(8-5-12)22(19,20)18(2)16-9-6-14(21-3)10-13(16)11-17/h4-10H,1-3H3. The van der Waals surface area contributed by atoms with Crippen LogP contribution in [0.5, 0.6) is 0 Å². The van der Waals surface area contributed by atoms with Crippen molar-refractivity contribution < 1.29 is 8.42 Å². The van der Waals surface area contributed by atoms with Crippen LogP contribution < -0.4 is 4.31 Å². The molecule has 22 heavy (non-hydrogen) atoms. The highest BCUT2D eigenvalue weighted by Gasteiger charge is 2.23. The molecule has 4 nitrogen and oxygen atoms in total. The molecule has 0 N–H and O–H groups in total. The van der Waals surface area contributed by atoms with Gasteiger partial charge in [-0.05, 0) is 43.5 Å². The molecule has 0 aliphatic carbocycles. The highest BCUT2D eigenvalue weighted by molar-refractivity contribution is 7.98. The van der Waals surface area contributed by atoms with Crippen LogP contribution >= 0.6 is 11.8 Å². The van der Waals surface area contributed by atoms with Gasteiger partial charge in [-0.2, -0.15) is 5.26 Å². The number of aryl methyl sites for hydroxylation is 1. The summed E-state index contributed by atoms with van der Waals surface area (Å²) in [5, 5.41) is 9.28. The van der Waals surface area contributed by atoms with Crippen LogP contribution in [0.1, 0.15) is 11.1 Å². The van der Waals surface area contributed by atoms with Crippen LogP contribution in [0.3, 0.4) is 0 Å². The molecule has 6 heteroatoms. The normalized spacial score (nSPS) is 11.0. The summed E-state index contributed by atoms with van der Waals surface area (Å²) in [4.78, 5) is 1.12. The molecule has 0 heterocycles. The Morgan fingerprint density at radius 2 is 1.77 bits per heavy atom. The van der Waals surface area contributed by atoms with Gasteiger partial charge in [0, 0.05) is 11.9 Å². The van der Waals surface area contributed by atoms with Crippen molar-refractivity contribution in [2.45, 2.75) is 16.7 Å². The molecule has 0 spiro atoms. The number of benzene rings is 2. The summed E-state index contributed by atoms with van der Waals surface area (Å²) in [5.74, 6) is 0. The molecule has 0 unspecified atom stereocenters. The Hall–Kier alpha value is -1.97. The number of nitrogens with zero attached hydrogens (tertiary/aromatic N) is 2. The second-order valence-electron chi connectivity index (χ2n) is 4.78. The van der Waals surface area contributed by atoms with Crippen LogP contribution in [0.2, 0.25) is 0 Å². The van der Waals surface area contributed by atoms with Gasteiger partial charge in [0.15, 0.2) is 0 Å². The Morgan fingerprint density at radius 3 is 2.32 bits per heavy atom. The zero-order chi connectivity index (χ0) is 16.3. The van der Waals surface area contributed by atoms with E-state index in [1.165, 1.54) is 18.8 Å². The van der Waals surface area contributed by atoms with Gasteiger partial charge in [-0.3, -0.25) is 4.31 Å². The number of rotatable bonds is 4. The van der Waals surface area contributed by atoms with Crippen molar-refractivity contribution in [3.8, 4) is 6.07 Å². The van der Waals surface area contributed by atoms with Crippen LogP contribution in [0.25, 0.3) is 0 Å². The summed E-state index contributed by atoms with van der Waals surface area (Å²) in [6.07, 6.45) is 1.91.